The van der Waals surface area contributed by atoms with Gasteiger partial charge in [0.25, 0.3) is 0 Å². The molecule has 2 aromatic carbocycles. The molecule has 8 heteroatoms. The maximum absolute atomic E-state index is 13.5. The molecule has 0 saturated heterocycles. The number of ether oxygens (including phenoxy) is 1. The van der Waals surface area contributed by atoms with E-state index in [0.29, 0.717) is 17.7 Å². The lowest BCUT2D eigenvalue weighted by molar-refractivity contribution is -0.187. The van der Waals surface area contributed by atoms with Crippen molar-refractivity contribution in [1.82, 2.24) is 4.90 Å². The largest absolute Gasteiger partial charge is 0.481 e. The zero-order chi connectivity index (χ0) is 21.5. The number of benzene rings is 2. The summed E-state index contributed by atoms with van der Waals surface area (Å²) in [6.45, 7) is -0.117. The molecule has 2 aromatic rings. The molecule has 1 atom stereocenters. The Morgan fingerprint density at radius 3 is 2.03 bits per heavy atom. The summed E-state index contributed by atoms with van der Waals surface area (Å²) < 4.78 is 45.9. The molecule has 2 aliphatic carbocycles. The van der Waals surface area contributed by atoms with E-state index in [2.05, 4.69) is 0 Å². The van der Waals surface area contributed by atoms with E-state index in [-0.39, 0.29) is 12.5 Å². The second kappa shape index (κ2) is 7.66. The molecule has 1 amide bonds. The Morgan fingerprint density at radius 1 is 1.03 bits per heavy atom. The summed E-state index contributed by atoms with van der Waals surface area (Å²) in [5, 5.41) is 8.92. The standard InChI is InChI=1S/C22H20F3NO4/c23-22(24,25)19(11-20(27)28)26(13-9-10-13)21(29)30-12-18-16-7-3-1-5-14(16)15-6-2-4-8-17(15)18/h1-8,13,18-19H,9-12H2,(H,27,28). The lowest BCUT2D eigenvalue weighted by atomic mass is 9.98. The summed E-state index contributed by atoms with van der Waals surface area (Å²) in [6.07, 6.45) is -6.38. The van der Waals surface area contributed by atoms with Crippen molar-refractivity contribution in [1.29, 1.82) is 0 Å². The Kier molecular flexibility index (Phi) is 5.17. The van der Waals surface area contributed by atoms with E-state index in [9.17, 15) is 22.8 Å². The summed E-state index contributed by atoms with van der Waals surface area (Å²) in [4.78, 5) is 24.2. The van der Waals surface area contributed by atoms with E-state index in [1.807, 2.05) is 48.5 Å². The van der Waals surface area contributed by atoms with Crippen LogP contribution in [0.4, 0.5) is 18.0 Å². The zero-order valence-corrected chi connectivity index (χ0v) is 15.9. The monoisotopic (exact) mass is 419 g/mol. The highest BCUT2D eigenvalue weighted by molar-refractivity contribution is 5.79. The van der Waals surface area contributed by atoms with Crippen LogP contribution in [-0.2, 0) is 9.53 Å². The Labute approximate surface area is 171 Å². The molecule has 0 aliphatic heterocycles. The Balaban J connectivity index is 1.55. The number of carbonyl (C=O) groups is 2. The number of amides is 1. The van der Waals surface area contributed by atoms with Crippen LogP contribution in [0.25, 0.3) is 11.1 Å². The van der Waals surface area contributed by atoms with E-state index in [4.69, 9.17) is 9.84 Å². The van der Waals surface area contributed by atoms with Gasteiger partial charge in [-0.1, -0.05) is 48.5 Å². The summed E-state index contributed by atoms with van der Waals surface area (Å²) in [6, 6.07) is 12.2. The number of rotatable bonds is 6. The Morgan fingerprint density at radius 2 is 1.57 bits per heavy atom. The van der Waals surface area contributed by atoms with Gasteiger partial charge >= 0.3 is 18.2 Å². The minimum atomic E-state index is -4.85. The number of hydrogen-bond donors (Lipinski definition) is 1. The first-order valence-corrected chi connectivity index (χ1v) is 9.69. The number of fused-ring (bicyclic) bond motifs is 3. The van der Waals surface area contributed by atoms with E-state index in [0.717, 1.165) is 22.3 Å². The van der Waals surface area contributed by atoms with Crippen molar-refractivity contribution in [3.63, 3.8) is 0 Å². The van der Waals surface area contributed by atoms with Crippen LogP contribution in [0.5, 0.6) is 0 Å². The molecule has 0 bridgehead atoms. The predicted octanol–water partition coefficient (Wildman–Crippen LogP) is 4.81. The molecule has 0 heterocycles. The predicted molar refractivity (Wildman–Crippen MR) is 102 cm³/mol. The van der Waals surface area contributed by atoms with Gasteiger partial charge in [-0.3, -0.25) is 9.69 Å². The highest BCUT2D eigenvalue weighted by Crippen LogP contribution is 2.45. The van der Waals surface area contributed by atoms with Crippen molar-refractivity contribution in [2.75, 3.05) is 6.61 Å². The lowest BCUT2D eigenvalue weighted by Gasteiger charge is -2.32. The van der Waals surface area contributed by atoms with Crippen molar-refractivity contribution in [2.24, 2.45) is 0 Å². The van der Waals surface area contributed by atoms with E-state index < -0.39 is 36.7 Å². The van der Waals surface area contributed by atoms with Crippen LogP contribution in [-0.4, -0.2) is 46.9 Å². The molecule has 1 saturated carbocycles. The summed E-state index contributed by atoms with van der Waals surface area (Å²) in [5.74, 6) is -1.90. The van der Waals surface area contributed by atoms with Gasteiger partial charge in [-0.25, -0.2) is 4.79 Å². The van der Waals surface area contributed by atoms with E-state index >= 15 is 0 Å². The van der Waals surface area contributed by atoms with Crippen LogP contribution in [0, 0.1) is 0 Å². The SMILES string of the molecule is O=C(O)CC(N(C(=O)OCC1c2ccccc2-c2ccccc21)C1CC1)C(F)(F)F. The van der Waals surface area contributed by atoms with Crippen molar-refractivity contribution in [3.8, 4) is 11.1 Å². The average Bonchev–Trinajstić information content (AvgIpc) is 3.47. The van der Waals surface area contributed by atoms with E-state index in [1.54, 1.807) is 0 Å². The quantitative estimate of drug-likeness (QED) is 0.730. The second-order valence-electron chi connectivity index (χ2n) is 7.60. The summed E-state index contributed by atoms with van der Waals surface area (Å²) in [7, 11) is 0. The third-order valence-corrected chi connectivity index (χ3v) is 5.57. The van der Waals surface area contributed by atoms with Crippen LogP contribution in [0.3, 0.4) is 0 Å². The number of alkyl halides is 3. The molecule has 158 valence electrons. The van der Waals surface area contributed by atoms with E-state index in [1.165, 1.54) is 0 Å². The highest BCUT2D eigenvalue weighted by Gasteiger charge is 2.52. The van der Waals surface area contributed by atoms with Gasteiger partial charge in [0.2, 0.25) is 0 Å². The van der Waals surface area contributed by atoms with Crippen LogP contribution >= 0.6 is 0 Å². The first-order valence-electron chi connectivity index (χ1n) is 9.69. The van der Waals surface area contributed by atoms with Gasteiger partial charge in [-0.05, 0) is 35.1 Å². The molecular weight excluding hydrogens is 399 g/mol. The van der Waals surface area contributed by atoms with Crippen molar-refractivity contribution >= 4 is 12.1 Å². The molecule has 1 unspecified atom stereocenters. The summed E-state index contributed by atoms with van der Waals surface area (Å²) in [5.41, 5.74) is 3.91. The molecule has 1 N–H and O–H groups in total. The fourth-order valence-electron chi connectivity index (χ4n) is 4.09. The van der Waals surface area contributed by atoms with Gasteiger partial charge in [0, 0.05) is 12.0 Å². The highest BCUT2D eigenvalue weighted by atomic mass is 19.4. The Hall–Kier alpha value is -3.03. The van der Waals surface area contributed by atoms with Gasteiger partial charge in [-0.2, -0.15) is 13.2 Å². The maximum Gasteiger partial charge on any atom is 0.410 e. The van der Waals surface area contributed by atoms with Crippen molar-refractivity contribution in [3.05, 3.63) is 59.7 Å². The summed E-state index contributed by atoms with van der Waals surface area (Å²) >= 11 is 0. The molecular formula is C22H20F3NO4. The second-order valence-corrected chi connectivity index (χ2v) is 7.60. The molecule has 5 nitrogen and oxygen atoms in total. The molecule has 30 heavy (non-hydrogen) atoms. The minimum absolute atomic E-state index is 0.117. The number of nitrogens with zero attached hydrogens (tertiary/aromatic N) is 1. The first kappa shape index (κ1) is 20.3. The average molecular weight is 419 g/mol. The van der Waals surface area contributed by atoms with Crippen molar-refractivity contribution < 1.29 is 32.6 Å². The van der Waals surface area contributed by atoms with Crippen LogP contribution < -0.4 is 0 Å². The number of carbonyl (C=O) groups excluding carboxylic acids is 1. The van der Waals surface area contributed by atoms with Gasteiger partial charge in [0.15, 0.2) is 0 Å². The topological polar surface area (TPSA) is 66.8 Å². The molecule has 0 aromatic heterocycles. The smallest absolute Gasteiger partial charge is 0.410 e. The Bertz CT molecular complexity index is 925. The van der Waals surface area contributed by atoms with Gasteiger partial charge < -0.3 is 9.84 Å². The third-order valence-electron chi connectivity index (χ3n) is 5.57. The van der Waals surface area contributed by atoms with Crippen LogP contribution in [0.2, 0.25) is 0 Å². The number of carboxylic acids is 1. The number of carboxylic acid groups (broad SMARTS) is 1. The molecule has 0 radical (unpaired) electrons. The third kappa shape index (κ3) is 3.86. The normalized spacial score (nSPS) is 16.5. The first-order chi connectivity index (χ1) is 14.3. The number of halogens is 3. The number of aliphatic carboxylic acids is 1. The number of hydrogen-bond acceptors (Lipinski definition) is 3. The molecule has 4 rings (SSSR count). The fourth-order valence-corrected chi connectivity index (χ4v) is 4.09. The zero-order valence-electron chi connectivity index (χ0n) is 15.9. The van der Waals surface area contributed by atoms with Gasteiger partial charge in [-0.15, -0.1) is 0 Å². The van der Waals surface area contributed by atoms with Crippen molar-refractivity contribution in [2.45, 2.75) is 43.4 Å². The molecule has 1 fully saturated rings. The van der Waals surface area contributed by atoms with Gasteiger partial charge in [0.1, 0.15) is 12.6 Å². The van der Waals surface area contributed by atoms with Crippen LogP contribution in [0.1, 0.15) is 36.3 Å². The van der Waals surface area contributed by atoms with Gasteiger partial charge in [0.05, 0.1) is 6.42 Å². The maximum atomic E-state index is 13.5. The lowest BCUT2D eigenvalue weighted by Crippen LogP contribution is -2.51. The minimum Gasteiger partial charge on any atom is -0.481 e. The molecule has 2 aliphatic rings. The fraction of sp³-hybridized carbons (Fsp3) is 0.364. The molecule has 0 spiro atoms. The van der Waals surface area contributed by atoms with Crippen LogP contribution in [0.15, 0.2) is 48.5 Å².